The lowest BCUT2D eigenvalue weighted by molar-refractivity contribution is -0.169. The minimum Gasteiger partial charge on any atom is -0.389 e. The smallest absolute Gasteiger partial charge is 0.0719 e. The summed E-state index contributed by atoms with van der Waals surface area (Å²) in [6.07, 6.45) is 2.52. The zero-order valence-corrected chi connectivity index (χ0v) is 9.26. The highest BCUT2D eigenvalue weighted by atomic mass is 16.5. The van der Waals surface area contributed by atoms with Crippen LogP contribution in [0.15, 0.2) is 0 Å². The fraction of sp³-hybridized carbons (Fsp3) is 1.00. The second-order valence-electron chi connectivity index (χ2n) is 4.84. The van der Waals surface area contributed by atoms with E-state index in [1.54, 1.807) is 0 Å². The molecular weight excluding hydrogens is 164 g/mol. The molecule has 0 saturated carbocycles. The lowest BCUT2D eigenvalue weighted by atomic mass is 9.75. The molecule has 13 heavy (non-hydrogen) atoms. The molecule has 0 aliphatic carbocycles. The highest BCUT2D eigenvalue weighted by molar-refractivity contribution is 4.93. The van der Waals surface area contributed by atoms with Crippen molar-refractivity contribution in [3.8, 4) is 0 Å². The fourth-order valence-corrected chi connectivity index (χ4v) is 1.98. The molecule has 2 atom stereocenters. The van der Waals surface area contributed by atoms with E-state index in [1.807, 2.05) is 0 Å². The van der Waals surface area contributed by atoms with E-state index in [2.05, 4.69) is 27.7 Å². The normalized spacial score (nSPS) is 41.1. The summed E-state index contributed by atoms with van der Waals surface area (Å²) in [4.78, 5) is 0. The summed E-state index contributed by atoms with van der Waals surface area (Å²) in [5.74, 6) is 0.322. The van der Waals surface area contributed by atoms with Gasteiger partial charge in [-0.25, -0.2) is 0 Å². The van der Waals surface area contributed by atoms with E-state index in [9.17, 15) is 5.11 Å². The van der Waals surface area contributed by atoms with Crippen LogP contribution >= 0.6 is 0 Å². The lowest BCUT2D eigenvalue weighted by Crippen LogP contribution is -2.49. The molecule has 2 heteroatoms. The van der Waals surface area contributed by atoms with Gasteiger partial charge >= 0.3 is 0 Å². The van der Waals surface area contributed by atoms with E-state index in [0.717, 1.165) is 19.3 Å². The van der Waals surface area contributed by atoms with Crippen LogP contribution in [-0.2, 0) is 4.74 Å². The van der Waals surface area contributed by atoms with E-state index in [0.29, 0.717) is 12.5 Å². The highest BCUT2D eigenvalue weighted by Gasteiger charge is 2.42. The Morgan fingerprint density at radius 1 is 1.46 bits per heavy atom. The lowest BCUT2D eigenvalue weighted by Gasteiger charge is -2.45. The van der Waals surface area contributed by atoms with Crippen molar-refractivity contribution in [2.75, 3.05) is 6.61 Å². The summed E-state index contributed by atoms with van der Waals surface area (Å²) in [6, 6.07) is 0. The zero-order chi connectivity index (χ0) is 10.1. The molecule has 1 heterocycles. The first-order valence-corrected chi connectivity index (χ1v) is 5.28. The predicted molar refractivity (Wildman–Crippen MR) is 53.7 cm³/mol. The molecule has 1 N–H and O–H groups in total. The van der Waals surface area contributed by atoms with Crippen molar-refractivity contribution in [1.82, 2.24) is 0 Å². The molecule has 1 saturated heterocycles. The third-order valence-corrected chi connectivity index (χ3v) is 3.49. The number of hydrogen-bond acceptors (Lipinski definition) is 2. The van der Waals surface area contributed by atoms with Crippen molar-refractivity contribution in [2.45, 2.75) is 58.2 Å². The second kappa shape index (κ2) is 3.58. The van der Waals surface area contributed by atoms with Crippen molar-refractivity contribution in [2.24, 2.45) is 5.92 Å². The maximum Gasteiger partial charge on any atom is 0.0719 e. The van der Waals surface area contributed by atoms with Gasteiger partial charge in [0.25, 0.3) is 0 Å². The van der Waals surface area contributed by atoms with Gasteiger partial charge < -0.3 is 9.84 Å². The molecule has 1 aliphatic rings. The van der Waals surface area contributed by atoms with Crippen LogP contribution in [0, 0.1) is 5.92 Å². The minimum absolute atomic E-state index is 0.114. The third-order valence-electron chi connectivity index (χ3n) is 3.49. The third kappa shape index (κ3) is 2.23. The zero-order valence-electron chi connectivity index (χ0n) is 9.26. The maximum atomic E-state index is 10.3. The molecule has 0 amide bonds. The molecule has 2 unspecified atom stereocenters. The van der Waals surface area contributed by atoms with Crippen molar-refractivity contribution in [3.63, 3.8) is 0 Å². The fourth-order valence-electron chi connectivity index (χ4n) is 1.98. The molecule has 0 aromatic heterocycles. The standard InChI is InChI=1S/C11H22O2/c1-5-10(4)8-11(12,9(2)3)6-7-13-10/h9,12H,5-8H2,1-4H3. The first-order chi connectivity index (χ1) is 5.92. The Bertz CT molecular complexity index is 179. The summed E-state index contributed by atoms with van der Waals surface area (Å²) >= 11 is 0. The van der Waals surface area contributed by atoms with Gasteiger partial charge in [0.05, 0.1) is 17.8 Å². The van der Waals surface area contributed by atoms with Crippen LogP contribution in [0.1, 0.15) is 47.0 Å². The molecule has 78 valence electrons. The van der Waals surface area contributed by atoms with Crippen LogP contribution in [-0.4, -0.2) is 22.9 Å². The van der Waals surface area contributed by atoms with Gasteiger partial charge in [0.2, 0.25) is 0 Å². The molecule has 0 bridgehead atoms. The van der Waals surface area contributed by atoms with E-state index < -0.39 is 5.60 Å². The first-order valence-electron chi connectivity index (χ1n) is 5.28. The van der Waals surface area contributed by atoms with Gasteiger partial charge in [-0.3, -0.25) is 0 Å². The molecule has 0 spiro atoms. The Morgan fingerprint density at radius 3 is 2.54 bits per heavy atom. The average molecular weight is 186 g/mol. The van der Waals surface area contributed by atoms with Crippen molar-refractivity contribution < 1.29 is 9.84 Å². The average Bonchev–Trinajstić information content (AvgIpc) is 2.04. The summed E-state index contributed by atoms with van der Waals surface area (Å²) in [6.45, 7) is 9.08. The van der Waals surface area contributed by atoms with Crippen LogP contribution in [0.25, 0.3) is 0 Å². The van der Waals surface area contributed by atoms with Crippen LogP contribution < -0.4 is 0 Å². The summed E-state index contributed by atoms with van der Waals surface area (Å²) in [7, 11) is 0. The Labute approximate surface area is 81.3 Å². The van der Waals surface area contributed by atoms with Gasteiger partial charge in [-0.05, 0) is 25.7 Å². The Kier molecular flexibility index (Phi) is 3.03. The van der Waals surface area contributed by atoms with E-state index >= 15 is 0 Å². The molecule has 2 nitrogen and oxygen atoms in total. The van der Waals surface area contributed by atoms with Gasteiger partial charge in [0.1, 0.15) is 0 Å². The quantitative estimate of drug-likeness (QED) is 0.717. The topological polar surface area (TPSA) is 29.5 Å². The van der Waals surface area contributed by atoms with Crippen LogP contribution in [0.3, 0.4) is 0 Å². The molecular formula is C11H22O2. The molecule has 0 aromatic rings. The molecule has 0 radical (unpaired) electrons. The van der Waals surface area contributed by atoms with E-state index in [1.165, 1.54) is 0 Å². The molecule has 1 rings (SSSR count). The monoisotopic (exact) mass is 186 g/mol. The van der Waals surface area contributed by atoms with Crippen molar-refractivity contribution >= 4 is 0 Å². The number of ether oxygens (including phenoxy) is 1. The highest BCUT2D eigenvalue weighted by Crippen LogP contribution is 2.38. The summed E-state index contributed by atoms with van der Waals surface area (Å²) in [5.41, 5.74) is -0.625. The van der Waals surface area contributed by atoms with Gasteiger partial charge in [-0.15, -0.1) is 0 Å². The van der Waals surface area contributed by atoms with Gasteiger partial charge in [0.15, 0.2) is 0 Å². The number of aliphatic hydroxyl groups is 1. The Hall–Kier alpha value is -0.0800. The molecule has 0 aromatic carbocycles. The molecule has 1 aliphatic heterocycles. The Morgan fingerprint density at radius 2 is 2.08 bits per heavy atom. The summed E-state index contributed by atoms with van der Waals surface area (Å²) < 4.78 is 5.70. The first kappa shape index (κ1) is 11.0. The van der Waals surface area contributed by atoms with E-state index in [4.69, 9.17) is 4.74 Å². The number of rotatable bonds is 2. The van der Waals surface area contributed by atoms with Crippen LogP contribution in [0.2, 0.25) is 0 Å². The van der Waals surface area contributed by atoms with Crippen molar-refractivity contribution in [1.29, 1.82) is 0 Å². The van der Waals surface area contributed by atoms with Gasteiger partial charge in [0, 0.05) is 6.42 Å². The SMILES string of the molecule is CCC1(C)CC(O)(C(C)C)CCO1. The van der Waals surface area contributed by atoms with Crippen molar-refractivity contribution in [3.05, 3.63) is 0 Å². The van der Waals surface area contributed by atoms with Crippen LogP contribution in [0.5, 0.6) is 0 Å². The molecule has 1 fully saturated rings. The predicted octanol–water partition coefficient (Wildman–Crippen LogP) is 2.35. The number of hydrogen-bond donors (Lipinski definition) is 1. The van der Waals surface area contributed by atoms with Gasteiger partial charge in [-0.2, -0.15) is 0 Å². The largest absolute Gasteiger partial charge is 0.389 e. The minimum atomic E-state index is -0.511. The van der Waals surface area contributed by atoms with Gasteiger partial charge in [-0.1, -0.05) is 20.8 Å². The van der Waals surface area contributed by atoms with E-state index in [-0.39, 0.29) is 5.60 Å². The second-order valence-corrected chi connectivity index (χ2v) is 4.84. The summed E-state index contributed by atoms with van der Waals surface area (Å²) in [5, 5.41) is 10.3. The maximum absolute atomic E-state index is 10.3. The van der Waals surface area contributed by atoms with Crippen LogP contribution in [0.4, 0.5) is 0 Å². The Balaban J connectivity index is 2.71.